The predicted octanol–water partition coefficient (Wildman–Crippen LogP) is 2.76. The number of piperidine rings is 2. The summed E-state index contributed by atoms with van der Waals surface area (Å²) in [5, 5.41) is 9.65. The van der Waals surface area contributed by atoms with Gasteiger partial charge in [0, 0.05) is 37.5 Å². The van der Waals surface area contributed by atoms with Gasteiger partial charge in [-0.2, -0.15) is 0 Å². The second-order valence-electron chi connectivity index (χ2n) is 7.74. The molecule has 0 radical (unpaired) electrons. The lowest BCUT2D eigenvalue weighted by molar-refractivity contribution is -0.140. The number of hydrogen-bond acceptors (Lipinski definition) is 3. The van der Waals surface area contributed by atoms with Crippen molar-refractivity contribution in [2.24, 2.45) is 5.41 Å². The summed E-state index contributed by atoms with van der Waals surface area (Å²) in [6, 6.07) is 8.13. The van der Waals surface area contributed by atoms with Gasteiger partial charge in [-0.05, 0) is 56.3 Å². The molecule has 1 spiro atoms. The number of aromatic hydroxyl groups is 1. The Hall–Kier alpha value is -1.55. The third-order valence-corrected chi connectivity index (χ3v) is 5.74. The van der Waals surface area contributed by atoms with Crippen molar-refractivity contribution in [1.29, 1.82) is 0 Å². The Morgan fingerprint density at radius 1 is 1.22 bits per heavy atom. The van der Waals surface area contributed by atoms with Crippen LogP contribution in [0.15, 0.2) is 24.3 Å². The van der Waals surface area contributed by atoms with Crippen molar-refractivity contribution in [2.45, 2.75) is 51.1 Å². The standard InChI is InChI=1S/C19H26N2O2/c22-17-4-1-3-15(11-17)12-20-10-2-8-19(13-20)9-7-18(23)21(14-19)16-5-6-16/h1,3-4,11,16,22H,2,5-10,12-14H2. The molecular weight excluding hydrogens is 288 g/mol. The highest BCUT2D eigenvalue weighted by atomic mass is 16.3. The number of phenols is 1. The Labute approximate surface area is 138 Å². The van der Waals surface area contributed by atoms with E-state index in [4.69, 9.17) is 0 Å². The van der Waals surface area contributed by atoms with Gasteiger partial charge in [-0.15, -0.1) is 0 Å². The van der Waals surface area contributed by atoms with E-state index in [2.05, 4.69) is 15.9 Å². The van der Waals surface area contributed by atoms with E-state index in [-0.39, 0.29) is 0 Å². The first-order valence-electron chi connectivity index (χ1n) is 8.93. The van der Waals surface area contributed by atoms with Crippen molar-refractivity contribution < 1.29 is 9.90 Å². The Morgan fingerprint density at radius 2 is 2.09 bits per heavy atom. The second kappa shape index (κ2) is 5.82. The summed E-state index contributed by atoms with van der Waals surface area (Å²) in [6.45, 7) is 4.06. The smallest absolute Gasteiger partial charge is 0.222 e. The molecule has 1 aromatic carbocycles. The van der Waals surface area contributed by atoms with Crippen LogP contribution in [-0.2, 0) is 11.3 Å². The van der Waals surface area contributed by atoms with Crippen molar-refractivity contribution >= 4 is 5.91 Å². The Kier molecular flexibility index (Phi) is 3.80. The van der Waals surface area contributed by atoms with Gasteiger partial charge in [-0.1, -0.05) is 12.1 Å². The Morgan fingerprint density at radius 3 is 2.87 bits per heavy atom. The van der Waals surface area contributed by atoms with Crippen molar-refractivity contribution in [2.75, 3.05) is 19.6 Å². The number of rotatable bonds is 3. The average molecular weight is 314 g/mol. The van der Waals surface area contributed by atoms with E-state index in [9.17, 15) is 9.90 Å². The van der Waals surface area contributed by atoms with Gasteiger partial charge < -0.3 is 10.0 Å². The van der Waals surface area contributed by atoms with Crippen LogP contribution in [0.2, 0.25) is 0 Å². The molecule has 3 fully saturated rings. The van der Waals surface area contributed by atoms with E-state index >= 15 is 0 Å². The number of amides is 1. The number of hydrogen-bond donors (Lipinski definition) is 1. The Bertz CT molecular complexity index is 599. The molecule has 1 aliphatic carbocycles. The van der Waals surface area contributed by atoms with E-state index in [1.807, 2.05) is 12.1 Å². The van der Waals surface area contributed by atoms with Crippen LogP contribution in [0.5, 0.6) is 5.75 Å². The minimum absolute atomic E-state index is 0.297. The lowest BCUT2D eigenvalue weighted by Crippen LogP contribution is -2.54. The van der Waals surface area contributed by atoms with Gasteiger partial charge in [0.15, 0.2) is 0 Å². The molecule has 3 aliphatic rings. The summed E-state index contributed by atoms with van der Waals surface area (Å²) >= 11 is 0. The van der Waals surface area contributed by atoms with Crippen molar-refractivity contribution in [3.05, 3.63) is 29.8 Å². The van der Waals surface area contributed by atoms with Crippen LogP contribution in [0.25, 0.3) is 0 Å². The van der Waals surface area contributed by atoms with Crippen LogP contribution in [0.1, 0.15) is 44.1 Å². The minimum atomic E-state index is 0.297. The molecule has 1 N–H and O–H groups in total. The van der Waals surface area contributed by atoms with E-state index in [0.29, 0.717) is 23.1 Å². The molecule has 1 aromatic rings. The SMILES string of the molecule is O=C1CCC2(CCCN(Cc3cccc(O)c3)C2)CN1C1CC1. The zero-order chi connectivity index (χ0) is 15.9. The number of phenolic OH excluding ortho intramolecular Hbond substituents is 1. The molecule has 1 amide bonds. The highest BCUT2D eigenvalue weighted by Crippen LogP contribution is 2.42. The average Bonchev–Trinajstić information content (AvgIpc) is 3.35. The van der Waals surface area contributed by atoms with E-state index < -0.39 is 0 Å². The predicted molar refractivity (Wildman–Crippen MR) is 89.0 cm³/mol. The minimum Gasteiger partial charge on any atom is -0.508 e. The molecule has 4 nitrogen and oxygen atoms in total. The molecule has 0 aromatic heterocycles. The normalized spacial score (nSPS) is 29.2. The topological polar surface area (TPSA) is 43.8 Å². The van der Waals surface area contributed by atoms with Gasteiger partial charge >= 0.3 is 0 Å². The lowest BCUT2D eigenvalue weighted by atomic mass is 9.73. The van der Waals surface area contributed by atoms with Gasteiger partial charge in [-0.3, -0.25) is 9.69 Å². The molecule has 2 aliphatic heterocycles. The van der Waals surface area contributed by atoms with Crippen molar-refractivity contribution in [1.82, 2.24) is 9.80 Å². The first-order chi connectivity index (χ1) is 11.1. The van der Waals surface area contributed by atoms with Crippen LogP contribution in [0.3, 0.4) is 0 Å². The number of nitrogens with zero attached hydrogens (tertiary/aromatic N) is 2. The third kappa shape index (κ3) is 3.23. The second-order valence-corrected chi connectivity index (χ2v) is 7.74. The molecule has 4 heteroatoms. The first kappa shape index (κ1) is 15.0. The zero-order valence-corrected chi connectivity index (χ0v) is 13.7. The fourth-order valence-electron chi connectivity index (χ4n) is 4.45. The monoisotopic (exact) mass is 314 g/mol. The van der Waals surface area contributed by atoms with Crippen molar-refractivity contribution in [3.8, 4) is 5.75 Å². The summed E-state index contributed by atoms with van der Waals surface area (Å²) in [5.74, 6) is 0.723. The third-order valence-electron chi connectivity index (χ3n) is 5.74. The van der Waals surface area contributed by atoms with E-state index in [0.717, 1.165) is 39.0 Å². The van der Waals surface area contributed by atoms with Crippen LogP contribution in [0.4, 0.5) is 0 Å². The maximum atomic E-state index is 12.2. The maximum absolute atomic E-state index is 12.2. The number of carbonyl (C=O) groups is 1. The number of benzene rings is 1. The summed E-state index contributed by atoms with van der Waals surface area (Å²) in [7, 11) is 0. The van der Waals surface area contributed by atoms with E-state index in [1.54, 1.807) is 6.07 Å². The summed E-state index contributed by atoms with van der Waals surface area (Å²) in [6.07, 6.45) is 6.65. The van der Waals surface area contributed by atoms with Gasteiger partial charge in [-0.25, -0.2) is 0 Å². The summed E-state index contributed by atoms with van der Waals surface area (Å²) < 4.78 is 0. The van der Waals surface area contributed by atoms with Crippen molar-refractivity contribution in [3.63, 3.8) is 0 Å². The molecule has 124 valence electrons. The fraction of sp³-hybridized carbons (Fsp3) is 0.632. The molecule has 23 heavy (non-hydrogen) atoms. The summed E-state index contributed by atoms with van der Waals surface area (Å²) in [4.78, 5) is 16.9. The molecule has 1 saturated carbocycles. The van der Waals surface area contributed by atoms with Crippen LogP contribution < -0.4 is 0 Å². The zero-order valence-electron chi connectivity index (χ0n) is 13.7. The Balaban J connectivity index is 1.45. The van der Waals surface area contributed by atoms with Crippen LogP contribution in [-0.4, -0.2) is 46.5 Å². The number of likely N-dealkylation sites (tertiary alicyclic amines) is 2. The molecule has 2 heterocycles. The van der Waals surface area contributed by atoms with Gasteiger partial charge in [0.2, 0.25) is 5.91 Å². The van der Waals surface area contributed by atoms with Gasteiger partial charge in [0.05, 0.1) is 0 Å². The molecule has 4 rings (SSSR count). The molecule has 0 bridgehead atoms. The van der Waals surface area contributed by atoms with Crippen LogP contribution in [0, 0.1) is 5.41 Å². The largest absolute Gasteiger partial charge is 0.508 e. The lowest BCUT2D eigenvalue weighted by Gasteiger charge is -2.48. The fourth-order valence-corrected chi connectivity index (χ4v) is 4.45. The summed E-state index contributed by atoms with van der Waals surface area (Å²) in [5.41, 5.74) is 1.47. The molecular formula is C19H26N2O2. The van der Waals surface area contributed by atoms with Gasteiger partial charge in [0.1, 0.15) is 5.75 Å². The number of carbonyl (C=O) groups excluding carboxylic acids is 1. The first-order valence-corrected chi connectivity index (χ1v) is 8.93. The highest BCUT2D eigenvalue weighted by molar-refractivity contribution is 5.78. The quantitative estimate of drug-likeness (QED) is 0.933. The van der Waals surface area contributed by atoms with E-state index in [1.165, 1.54) is 31.2 Å². The molecule has 2 saturated heterocycles. The molecule has 1 unspecified atom stereocenters. The maximum Gasteiger partial charge on any atom is 0.222 e. The highest BCUT2D eigenvalue weighted by Gasteiger charge is 2.45. The van der Waals surface area contributed by atoms with Crippen LogP contribution >= 0.6 is 0 Å². The molecule has 1 atom stereocenters. The van der Waals surface area contributed by atoms with Gasteiger partial charge in [0.25, 0.3) is 0 Å².